The van der Waals surface area contributed by atoms with Gasteiger partial charge in [0.15, 0.2) is 17.9 Å². The van der Waals surface area contributed by atoms with Gasteiger partial charge in [-0.3, -0.25) is 14.2 Å². The van der Waals surface area contributed by atoms with Crippen molar-refractivity contribution in [2.45, 2.75) is 23.8 Å². The SMILES string of the molecule is C=C[C@]1(O)[C@H](n2ccc(=O)n(C(=O)c3ccccc3)c2=O)O[C@](F)(CO)[C@H]1O. The molecule has 9 nitrogen and oxygen atoms in total. The molecule has 0 spiro atoms. The number of carbonyl (C=O) groups is 1. The van der Waals surface area contributed by atoms with Crippen molar-refractivity contribution < 1.29 is 29.2 Å². The minimum absolute atomic E-state index is 0.0426. The van der Waals surface area contributed by atoms with Gasteiger partial charge in [-0.15, -0.1) is 0 Å². The summed E-state index contributed by atoms with van der Waals surface area (Å²) in [6, 6.07) is 8.32. The highest BCUT2D eigenvalue weighted by Crippen LogP contribution is 2.45. The van der Waals surface area contributed by atoms with E-state index in [-0.39, 0.29) is 10.1 Å². The van der Waals surface area contributed by atoms with Crippen LogP contribution in [0.5, 0.6) is 0 Å². The number of aromatic nitrogens is 2. The molecule has 0 unspecified atom stereocenters. The predicted molar refractivity (Wildman–Crippen MR) is 93.3 cm³/mol. The van der Waals surface area contributed by atoms with Crippen molar-refractivity contribution >= 4 is 5.91 Å². The van der Waals surface area contributed by atoms with Crippen LogP contribution in [0, 0.1) is 0 Å². The third-order valence-electron chi connectivity index (χ3n) is 4.58. The van der Waals surface area contributed by atoms with Crippen LogP contribution in [0.3, 0.4) is 0 Å². The number of hydrogen-bond acceptors (Lipinski definition) is 7. The van der Waals surface area contributed by atoms with Gasteiger partial charge in [-0.2, -0.15) is 4.57 Å². The van der Waals surface area contributed by atoms with Crippen molar-refractivity contribution in [3.05, 3.63) is 81.7 Å². The molecule has 4 atom stereocenters. The molecule has 0 radical (unpaired) electrons. The monoisotopic (exact) mass is 392 g/mol. The molecule has 3 rings (SSSR count). The lowest BCUT2D eigenvalue weighted by molar-refractivity contribution is -0.207. The van der Waals surface area contributed by atoms with Gasteiger partial charge in [-0.05, 0) is 12.1 Å². The van der Waals surface area contributed by atoms with Crippen molar-refractivity contribution in [3.8, 4) is 0 Å². The van der Waals surface area contributed by atoms with Gasteiger partial charge in [0.2, 0.25) is 0 Å². The van der Waals surface area contributed by atoms with E-state index in [2.05, 4.69) is 6.58 Å². The van der Waals surface area contributed by atoms with E-state index in [9.17, 15) is 34.1 Å². The number of ether oxygens (including phenoxy) is 1. The Morgan fingerprint density at radius 1 is 1.29 bits per heavy atom. The number of hydrogen-bond donors (Lipinski definition) is 3. The van der Waals surface area contributed by atoms with Gasteiger partial charge in [0, 0.05) is 17.8 Å². The van der Waals surface area contributed by atoms with Crippen LogP contribution in [0.15, 0.2) is 64.8 Å². The second kappa shape index (κ2) is 6.91. The molecular weight excluding hydrogens is 375 g/mol. The molecule has 0 saturated carbocycles. The van der Waals surface area contributed by atoms with E-state index < -0.39 is 47.6 Å². The third-order valence-corrected chi connectivity index (χ3v) is 4.58. The first-order chi connectivity index (χ1) is 13.2. The molecule has 1 fully saturated rings. The summed E-state index contributed by atoms with van der Waals surface area (Å²) in [5.41, 5.74) is -4.68. The molecule has 10 heteroatoms. The number of rotatable bonds is 4. The average molecular weight is 392 g/mol. The number of aliphatic hydroxyl groups is 3. The lowest BCUT2D eigenvalue weighted by Crippen LogP contribution is -2.51. The van der Waals surface area contributed by atoms with E-state index in [0.29, 0.717) is 4.57 Å². The quantitative estimate of drug-likeness (QED) is 0.579. The van der Waals surface area contributed by atoms with Crippen molar-refractivity contribution in [2.75, 3.05) is 6.61 Å². The van der Waals surface area contributed by atoms with Crippen LogP contribution < -0.4 is 11.2 Å². The number of benzene rings is 1. The highest BCUT2D eigenvalue weighted by atomic mass is 19.2. The van der Waals surface area contributed by atoms with Crippen LogP contribution in [0.25, 0.3) is 0 Å². The van der Waals surface area contributed by atoms with Crippen molar-refractivity contribution in [2.24, 2.45) is 0 Å². The topological polar surface area (TPSA) is 131 Å². The van der Waals surface area contributed by atoms with Crippen LogP contribution >= 0.6 is 0 Å². The second-order valence-electron chi connectivity index (χ2n) is 6.26. The van der Waals surface area contributed by atoms with Gasteiger partial charge >= 0.3 is 5.69 Å². The molecular formula is C18H17FN2O7. The predicted octanol–water partition coefficient (Wildman–Crippen LogP) is -0.837. The molecule has 1 aromatic heterocycles. The highest BCUT2D eigenvalue weighted by Gasteiger charge is 2.64. The van der Waals surface area contributed by atoms with Crippen molar-refractivity contribution in [3.63, 3.8) is 0 Å². The fraction of sp³-hybridized carbons (Fsp3) is 0.278. The zero-order valence-electron chi connectivity index (χ0n) is 14.4. The fourth-order valence-electron chi connectivity index (χ4n) is 3.01. The lowest BCUT2D eigenvalue weighted by Gasteiger charge is -2.28. The maximum absolute atomic E-state index is 14.6. The van der Waals surface area contributed by atoms with Gasteiger partial charge in [0.1, 0.15) is 6.61 Å². The Balaban J connectivity index is 2.17. The minimum Gasteiger partial charge on any atom is -0.390 e. The van der Waals surface area contributed by atoms with Crippen LogP contribution in [-0.2, 0) is 4.74 Å². The number of halogens is 1. The molecule has 1 aliphatic heterocycles. The molecule has 3 N–H and O–H groups in total. The zero-order chi connectivity index (χ0) is 20.7. The smallest absolute Gasteiger partial charge is 0.340 e. The summed E-state index contributed by atoms with van der Waals surface area (Å²) < 4.78 is 20.4. The Labute approximate surface area is 157 Å². The van der Waals surface area contributed by atoms with Gasteiger partial charge in [-0.1, -0.05) is 30.9 Å². The zero-order valence-corrected chi connectivity index (χ0v) is 14.4. The van der Waals surface area contributed by atoms with Gasteiger partial charge in [-0.25, -0.2) is 9.18 Å². The summed E-state index contributed by atoms with van der Waals surface area (Å²) in [5, 5.41) is 29.9. The lowest BCUT2D eigenvalue weighted by atomic mass is 9.93. The first-order valence-electron chi connectivity index (χ1n) is 8.15. The summed E-state index contributed by atoms with van der Waals surface area (Å²) in [6.07, 6.45) is -2.56. The second-order valence-corrected chi connectivity index (χ2v) is 6.26. The largest absolute Gasteiger partial charge is 0.390 e. The summed E-state index contributed by atoms with van der Waals surface area (Å²) in [4.78, 5) is 37.6. The van der Waals surface area contributed by atoms with E-state index in [1.807, 2.05) is 0 Å². The van der Waals surface area contributed by atoms with Crippen molar-refractivity contribution in [1.82, 2.24) is 9.13 Å². The molecule has 0 bridgehead atoms. The first-order valence-corrected chi connectivity index (χ1v) is 8.15. The summed E-state index contributed by atoms with van der Waals surface area (Å²) in [7, 11) is 0. The molecule has 0 amide bonds. The molecule has 0 aliphatic carbocycles. The van der Waals surface area contributed by atoms with E-state index in [4.69, 9.17) is 4.74 Å². The van der Waals surface area contributed by atoms with Crippen LogP contribution in [0.1, 0.15) is 16.6 Å². The first kappa shape index (κ1) is 19.8. The number of aliphatic hydroxyl groups excluding tert-OH is 2. The molecule has 2 aromatic rings. The number of carbonyl (C=O) groups excluding carboxylic acids is 1. The van der Waals surface area contributed by atoms with E-state index in [0.717, 1.165) is 18.3 Å². The Morgan fingerprint density at radius 3 is 2.50 bits per heavy atom. The maximum Gasteiger partial charge on any atom is 0.340 e. The Kier molecular flexibility index (Phi) is 4.90. The van der Waals surface area contributed by atoms with Gasteiger partial charge in [0.25, 0.3) is 17.3 Å². The summed E-state index contributed by atoms with van der Waals surface area (Å²) in [6.45, 7) is 1.98. The standard InChI is InChI=1S/C18H17FN2O7/c1-2-17(27)14(25)18(19,10-22)28-15(17)20-9-8-12(23)21(16(20)26)13(24)11-6-4-3-5-7-11/h2-9,14-15,22,25,27H,1,10H2/t14-,15+,17+,18+/m0/s1. The van der Waals surface area contributed by atoms with Gasteiger partial charge in [0.05, 0.1) is 0 Å². The Bertz CT molecular complexity index is 1030. The average Bonchev–Trinajstić information content (AvgIpc) is 2.91. The molecule has 28 heavy (non-hydrogen) atoms. The van der Waals surface area contributed by atoms with Crippen LogP contribution in [-0.4, -0.2) is 54.5 Å². The van der Waals surface area contributed by atoms with E-state index in [1.165, 1.54) is 24.3 Å². The molecule has 1 saturated heterocycles. The van der Waals surface area contributed by atoms with E-state index >= 15 is 0 Å². The minimum atomic E-state index is -3.10. The van der Waals surface area contributed by atoms with Gasteiger partial charge < -0.3 is 20.1 Å². The normalized spacial score (nSPS) is 29.6. The van der Waals surface area contributed by atoms with E-state index in [1.54, 1.807) is 6.07 Å². The maximum atomic E-state index is 14.6. The molecule has 1 aliphatic rings. The number of alkyl halides is 1. The van der Waals surface area contributed by atoms with Crippen LogP contribution in [0.4, 0.5) is 4.39 Å². The molecule has 2 heterocycles. The summed E-state index contributed by atoms with van der Waals surface area (Å²) in [5.74, 6) is -4.04. The molecule has 148 valence electrons. The number of nitrogens with zero attached hydrogens (tertiary/aromatic N) is 2. The Morgan fingerprint density at radius 2 is 1.93 bits per heavy atom. The van der Waals surface area contributed by atoms with Crippen LogP contribution in [0.2, 0.25) is 0 Å². The summed E-state index contributed by atoms with van der Waals surface area (Å²) >= 11 is 0. The van der Waals surface area contributed by atoms with Crippen molar-refractivity contribution in [1.29, 1.82) is 0 Å². The third kappa shape index (κ3) is 2.83. The fourth-order valence-corrected chi connectivity index (χ4v) is 3.01. The Hall–Kier alpha value is -2.92. The highest BCUT2D eigenvalue weighted by molar-refractivity contribution is 5.95. The molecule has 1 aromatic carbocycles.